The largest absolute Gasteiger partial charge is 0.494 e. The summed E-state index contributed by atoms with van der Waals surface area (Å²) >= 11 is 5.63. The second kappa shape index (κ2) is 6.11. The van der Waals surface area contributed by atoms with Gasteiger partial charge in [-0.25, -0.2) is 13.4 Å². The van der Waals surface area contributed by atoms with Crippen LogP contribution < -0.4 is 9.46 Å². The van der Waals surface area contributed by atoms with Crippen molar-refractivity contribution >= 4 is 27.3 Å². The molecule has 0 saturated heterocycles. The van der Waals surface area contributed by atoms with Crippen LogP contribution in [0.25, 0.3) is 0 Å². The van der Waals surface area contributed by atoms with E-state index in [1.54, 1.807) is 24.3 Å². The maximum Gasteiger partial charge on any atom is 0.263 e. The molecule has 0 aliphatic heterocycles. The molecule has 1 N–H and O–H groups in total. The van der Waals surface area contributed by atoms with Crippen LogP contribution in [0.4, 0.5) is 5.69 Å². The molecule has 20 heavy (non-hydrogen) atoms. The number of ether oxygens (including phenoxy) is 1. The van der Waals surface area contributed by atoms with Gasteiger partial charge in [-0.3, -0.25) is 4.72 Å². The number of nitrogens with one attached hydrogen (secondary N) is 1. The van der Waals surface area contributed by atoms with E-state index in [1.807, 2.05) is 6.92 Å². The lowest BCUT2D eigenvalue weighted by atomic mass is 10.3. The first kappa shape index (κ1) is 14.6. The zero-order valence-electron chi connectivity index (χ0n) is 10.7. The highest BCUT2D eigenvalue weighted by atomic mass is 35.5. The van der Waals surface area contributed by atoms with Gasteiger partial charge in [0, 0.05) is 12.3 Å². The Hall–Kier alpha value is -1.79. The summed E-state index contributed by atoms with van der Waals surface area (Å²) in [7, 11) is -3.69. The van der Waals surface area contributed by atoms with E-state index >= 15 is 0 Å². The average Bonchev–Trinajstić information content (AvgIpc) is 2.39. The minimum atomic E-state index is -3.69. The van der Waals surface area contributed by atoms with Crippen molar-refractivity contribution in [2.75, 3.05) is 11.3 Å². The van der Waals surface area contributed by atoms with Crippen molar-refractivity contribution in [1.82, 2.24) is 4.98 Å². The highest BCUT2D eigenvalue weighted by Gasteiger charge is 2.14. The number of pyridine rings is 1. The van der Waals surface area contributed by atoms with Crippen molar-refractivity contribution in [2.24, 2.45) is 0 Å². The van der Waals surface area contributed by atoms with Crippen LogP contribution in [0.3, 0.4) is 0 Å². The van der Waals surface area contributed by atoms with Crippen molar-refractivity contribution in [3.63, 3.8) is 0 Å². The number of aromatic nitrogens is 1. The van der Waals surface area contributed by atoms with E-state index in [9.17, 15) is 8.42 Å². The number of halogens is 1. The van der Waals surface area contributed by atoms with Crippen LogP contribution in [0.2, 0.25) is 5.15 Å². The molecule has 7 heteroatoms. The Bertz CT molecular complexity index is 687. The topological polar surface area (TPSA) is 68.3 Å². The van der Waals surface area contributed by atoms with Gasteiger partial charge in [0.2, 0.25) is 0 Å². The Balaban J connectivity index is 2.24. The molecule has 0 unspecified atom stereocenters. The van der Waals surface area contributed by atoms with E-state index in [-0.39, 0.29) is 10.0 Å². The fraction of sp³-hybridized carbons (Fsp3) is 0.154. The second-order valence-corrected chi connectivity index (χ2v) is 5.95. The number of hydrogen-bond acceptors (Lipinski definition) is 4. The minimum Gasteiger partial charge on any atom is -0.494 e. The lowest BCUT2D eigenvalue weighted by molar-refractivity contribution is 0.340. The summed E-state index contributed by atoms with van der Waals surface area (Å²) in [5.74, 6) is 0.599. The summed E-state index contributed by atoms with van der Waals surface area (Å²) in [4.78, 5) is 3.80. The van der Waals surface area contributed by atoms with Crippen molar-refractivity contribution in [1.29, 1.82) is 0 Å². The molecular weight excluding hydrogens is 300 g/mol. The summed E-state index contributed by atoms with van der Waals surface area (Å²) in [6.45, 7) is 2.37. The molecule has 0 radical (unpaired) electrons. The summed E-state index contributed by atoms with van der Waals surface area (Å²) in [5.41, 5.74) is 0.422. The van der Waals surface area contributed by atoms with Crippen LogP contribution >= 0.6 is 11.6 Å². The maximum atomic E-state index is 12.1. The molecule has 1 aromatic carbocycles. The standard InChI is InChI=1S/C13H13ClN2O3S/c1-2-19-11-5-3-4-10(8-11)16-20(17,18)12-6-7-13(14)15-9-12/h3-9,16H,2H2,1H3. The van der Waals surface area contributed by atoms with Gasteiger partial charge >= 0.3 is 0 Å². The highest BCUT2D eigenvalue weighted by molar-refractivity contribution is 7.92. The van der Waals surface area contributed by atoms with E-state index in [0.29, 0.717) is 18.0 Å². The Labute approximate surface area is 122 Å². The molecule has 106 valence electrons. The van der Waals surface area contributed by atoms with E-state index in [1.165, 1.54) is 18.3 Å². The molecule has 0 atom stereocenters. The van der Waals surface area contributed by atoms with Crippen molar-refractivity contribution in [2.45, 2.75) is 11.8 Å². The quantitative estimate of drug-likeness (QED) is 0.862. The predicted octanol–water partition coefficient (Wildman–Crippen LogP) is 2.93. The maximum absolute atomic E-state index is 12.1. The van der Waals surface area contributed by atoms with Crippen LogP contribution in [0.15, 0.2) is 47.5 Å². The molecular formula is C13H13ClN2O3S. The normalized spacial score (nSPS) is 11.1. The van der Waals surface area contributed by atoms with Gasteiger partial charge < -0.3 is 4.74 Å². The number of hydrogen-bond donors (Lipinski definition) is 1. The lowest BCUT2D eigenvalue weighted by Gasteiger charge is -2.09. The van der Waals surface area contributed by atoms with Gasteiger partial charge in [-0.1, -0.05) is 17.7 Å². The van der Waals surface area contributed by atoms with Crippen LogP contribution in [0.1, 0.15) is 6.92 Å². The lowest BCUT2D eigenvalue weighted by Crippen LogP contribution is -2.13. The molecule has 0 amide bonds. The van der Waals surface area contributed by atoms with Gasteiger partial charge in [0.1, 0.15) is 15.8 Å². The monoisotopic (exact) mass is 312 g/mol. The SMILES string of the molecule is CCOc1cccc(NS(=O)(=O)c2ccc(Cl)nc2)c1. The second-order valence-electron chi connectivity index (χ2n) is 3.88. The first-order chi connectivity index (χ1) is 9.51. The van der Waals surface area contributed by atoms with Crippen molar-refractivity contribution in [3.8, 4) is 5.75 Å². The van der Waals surface area contributed by atoms with Gasteiger partial charge in [0.15, 0.2) is 0 Å². The van der Waals surface area contributed by atoms with Gasteiger partial charge in [0.25, 0.3) is 10.0 Å². The molecule has 0 spiro atoms. The van der Waals surface area contributed by atoms with Gasteiger partial charge in [0.05, 0.1) is 12.3 Å². The molecule has 1 heterocycles. The molecule has 0 aliphatic rings. The predicted molar refractivity (Wildman–Crippen MR) is 77.7 cm³/mol. The third-order valence-corrected chi connectivity index (χ3v) is 4.00. The molecule has 5 nitrogen and oxygen atoms in total. The highest BCUT2D eigenvalue weighted by Crippen LogP contribution is 2.21. The molecule has 0 saturated carbocycles. The van der Waals surface area contributed by atoms with E-state index < -0.39 is 10.0 Å². The van der Waals surface area contributed by atoms with Crippen LogP contribution in [-0.4, -0.2) is 20.0 Å². The van der Waals surface area contributed by atoms with Crippen molar-refractivity contribution < 1.29 is 13.2 Å². The number of rotatable bonds is 5. The number of benzene rings is 1. The molecule has 1 aromatic heterocycles. The Morgan fingerprint density at radius 3 is 2.75 bits per heavy atom. The summed E-state index contributed by atoms with van der Waals surface area (Å²) in [5, 5.41) is 0.238. The van der Waals surface area contributed by atoms with Gasteiger partial charge in [-0.05, 0) is 31.2 Å². The van der Waals surface area contributed by atoms with Crippen LogP contribution in [-0.2, 0) is 10.0 Å². The molecule has 2 rings (SSSR count). The smallest absolute Gasteiger partial charge is 0.263 e. The number of anilines is 1. The number of sulfonamides is 1. The number of nitrogens with zero attached hydrogens (tertiary/aromatic N) is 1. The van der Waals surface area contributed by atoms with Crippen molar-refractivity contribution in [3.05, 3.63) is 47.7 Å². The molecule has 0 bridgehead atoms. The molecule has 0 fully saturated rings. The van der Waals surface area contributed by atoms with Gasteiger partial charge in [-0.15, -0.1) is 0 Å². The molecule has 2 aromatic rings. The van der Waals surface area contributed by atoms with Crippen LogP contribution in [0, 0.1) is 0 Å². The first-order valence-corrected chi connectivity index (χ1v) is 7.74. The minimum absolute atomic E-state index is 0.0451. The summed E-state index contributed by atoms with van der Waals surface area (Å²) < 4.78 is 32.1. The fourth-order valence-electron chi connectivity index (χ4n) is 1.55. The average molecular weight is 313 g/mol. The summed E-state index contributed by atoms with van der Waals surface area (Å²) in [6, 6.07) is 9.54. The third kappa shape index (κ3) is 3.61. The van der Waals surface area contributed by atoms with E-state index in [4.69, 9.17) is 16.3 Å². The first-order valence-electron chi connectivity index (χ1n) is 5.88. The fourth-order valence-corrected chi connectivity index (χ4v) is 2.66. The summed E-state index contributed by atoms with van der Waals surface area (Å²) in [6.07, 6.45) is 1.21. The van der Waals surface area contributed by atoms with Gasteiger partial charge in [-0.2, -0.15) is 0 Å². The third-order valence-electron chi connectivity index (χ3n) is 2.41. The van der Waals surface area contributed by atoms with E-state index in [0.717, 1.165) is 0 Å². The van der Waals surface area contributed by atoms with Crippen LogP contribution in [0.5, 0.6) is 5.75 Å². The molecule has 0 aliphatic carbocycles. The van der Waals surface area contributed by atoms with E-state index in [2.05, 4.69) is 9.71 Å². The zero-order chi connectivity index (χ0) is 14.6. The Morgan fingerprint density at radius 1 is 1.30 bits per heavy atom. The Kier molecular flexibility index (Phi) is 4.46. The Morgan fingerprint density at radius 2 is 2.10 bits per heavy atom. The zero-order valence-corrected chi connectivity index (χ0v) is 12.3.